The average Bonchev–Trinajstić information content (AvgIpc) is 3.06. The SMILES string of the molecule is CCOc1ccccc1-c1sc2c(NN=Cc3cccc(F)c3)ncnc2c1O. The van der Waals surface area contributed by atoms with E-state index in [9.17, 15) is 9.50 Å². The molecule has 4 rings (SSSR count). The van der Waals surface area contributed by atoms with Crippen molar-refractivity contribution < 1.29 is 14.2 Å². The quantitative estimate of drug-likeness (QED) is 0.345. The third kappa shape index (κ3) is 3.88. The molecule has 0 radical (unpaired) electrons. The minimum absolute atomic E-state index is 0.0664. The number of aromatic hydroxyl groups is 1. The average molecular weight is 408 g/mol. The van der Waals surface area contributed by atoms with E-state index in [0.29, 0.717) is 38.8 Å². The predicted octanol–water partition coefficient (Wildman–Crippen LogP) is 5.05. The number of thiophene rings is 1. The van der Waals surface area contributed by atoms with Crippen LogP contribution in [0.1, 0.15) is 12.5 Å². The number of rotatable bonds is 6. The van der Waals surface area contributed by atoms with Crippen molar-refractivity contribution in [2.24, 2.45) is 5.10 Å². The second kappa shape index (κ2) is 8.24. The van der Waals surface area contributed by atoms with E-state index in [1.54, 1.807) is 12.1 Å². The number of halogens is 1. The predicted molar refractivity (Wildman–Crippen MR) is 113 cm³/mol. The van der Waals surface area contributed by atoms with Crippen molar-refractivity contribution in [2.75, 3.05) is 12.0 Å². The fourth-order valence-electron chi connectivity index (χ4n) is 2.85. The molecule has 0 aliphatic carbocycles. The molecule has 4 aromatic rings. The van der Waals surface area contributed by atoms with E-state index in [0.717, 1.165) is 5.56 Å². The molecule has 2 aromatic carbocycles. The lowest BCUT2D eigenvalue weighted by Gasteiger charge is -2.08. The maximum atomic E-state index is 13.3. The minimum Gasteiger partial charge on any atom is -0.504 e. The van der Waals surface area contributed by atoms with Crippen LogP contribution in [0.3, 0.4) is 0 Å². The summed E-state index contributed by atoms with van der Waals surface area (Å²) in [5, 5.41) is 14.9. The van der Waals surface area contributed by atoms with Crippen molar-refractivity contribution in [3.8, 4) is 21.9 Å². The van der Waals surface area contributed by atoms with Crippen LogP contribution in [0.25, 0.3) is 20.7 Å². The Kier molecular flexibility index (Phi) is 5.35. The van der Waals surface area contributed by atoms with Gasteiger partial charge in [0.25, 0.3) is 0 Å². The molecule has 2 heterocycles. The van der Waals surface area contributed by atoms with Crippen LogP contribution in [0.15, 0.2) is 60.0 Å². The zero-order chi connectivity index (χ0) is 20.2. The number of anilines is 1. The second-order valence-electron chi connectivity index (χ2n) is 6.03. The Morgan fingerprint density at radius 3 is 2.90 bits per heavy atom. The van der Waals surface area contributed by atoms with Crippen LogP contribution < -0.4 is 10.2 Å². The molecule has 2 aromatic heterocycles. The van der Waals surface area contributed by atoms with Crippen LogP contribution in [0.4, 0.5) is 10.2 Å². The summed E-state index contributed by atoms with van der Waals surface area (Å²) in [7, 11) is 0. The van der Waals surface area contributed by atoms with E-state index in [1.165, 1.54) is 36.0 Å². The van der Waals surface area contributed by atoms with Gasteiger partial charge in [-0.3, -0.25) is 5.43 Å². The van der Waals surface area contributed by atoms with Gasteiger partial charge in [0.1, 0.15) is 28.1 Å². The normalized spacial score (nSPS) is 11.2. The lowest BCUT2D eigenvalue weighted by atomic mass is 10.1. The highest BCUT2D eigenvalue weighted by Crippen LogP contribution is 2.47. The van der Waals surface area contributed by atoms with Gasteiger partial charge in [0.05, 0.1) is 17.7 Å². The Morgan fingerprint density at radius 1 is 1.21 bits per heavy atom. The lowest BCUT2D eigenvalue weighted by molar-refractivity contribution is 0.341. The Hall–Kier alpha value is -3.52. The van der Waals surface area contributed by atoms with Gasteiger partial charge in [0.2, 0.25) is 0 Å². The molecule has 0 aliphatic heterocycles. The number of nitrogens with zero attached hydrogens (tertiary/aromatic N) is 3. The largest absolute Gasteiger partial charge is 0.504 e. The van der Waals surface area contributed by atoms with E-state index < -0.39 is 0 Å². The molecule has 0 fully saturated rings. The summed E-state index contributed by atoms with van der Waals surface area (Å²) in [6.07, 6.45) is 2.85. The number of hydrogen-bond acceptors (Lipinski definition) is 7. The fraction of sp³-hybridized carbons (Fsp3) is 0.0952. The number of hydrogen-bond donors (Lipinski definition) is 2. The van der Waals surface area contributed by atoms with Crippen molar-refractivity contribution in [1.82, 2.24) is 9.97 Å². The smallest absolute Gasteiger partial charge is 0.167 e. The summed E-state index contributed by atoms with van der Waals surface area (Å²) >= 11 is 1.34. The van der Waals surface area contributed by atoms with Gasteiger partial charge in [0.15, 0.2) is 11.6 Å². The number of benzene rings is 2. The third-order valence-electron chi connectivity index (χ3n) is 4.11. The molecule has 0 unspecified atom stereocenters. The Morgan fingerprint density at radius 2 is 2.07 bits per heavy atom. The number of fused-ring (bicyclic) bond motifs is 1. The van der Waals surface area contributed by atoms with Crippen LogP contribution in [-0.4, -0.2) is 27.9 Å². The van der Waals surface area contributed by atoms with Crippen LogP contribution in [-0.2, 0) is 0 Å². The van der Waals surface area contributed by atoms with Gasteiger partial charge in [-0.25, -0.2) is 14.4 Å². The summed E-state index contributed by atoms with van der Waals surface area (Å²) in [6.45, 7) is 2.43. The first-order chi connectivity index (χ1) is 14.2. The summed E-state index contributed by atoms with van der Waals surface area (Å²) in [4.78, 5) is 9.07. The molecule has 8 heteroatoms. The molecule has 6 nitrogen and oxygen atoms in total. The van der Waals surface area contributed by atoms with Gasteiger partial charge in [-0.2, -0.15) is 5.10 Å². The molecule has 0 atom stereocenters. The molecular formula is C21H17FN4O2S. The third-order valence-corrected chi connectivity index (χ3v) is 5.32. The lowest BCUT2D eigenvalue weighted by Crippen LogP contribution is -1.94. The molecule has 0 saturated carbocycles. The number of aromatic nitrogens is 2. The Bertz CT molecular complexity index is 1190. The van der Waals surface area contributed by atoms with Crippen molar-refractivity contribution >= 4 is 33.6 Å². The van der Waals surface area contributed by atoms with Gasteiger partial charge in [-0.1, -0.05) is 24.3 Å². The molecule has 0 aliphatic rings. The molecule has 29 heavy (non-hydrogen) atoms. The summed E-state index contributed by atoms with van der Waals surface area (Å²) < 4.78 is 19.6. The molecule has 0 spiro atoms. The van der Waals surface area contributed by atoms with E-state index in [2.05, 4.69) is 20.5 Å². The maximum Gasteiger partial charge on any atom is 0.167 e. The highest BCUT2D eigenvalue weighted by Gasteiger charge is 2.19. The molecule has 2 N–H and O–H groups in total. The van der Waals surface area contributed by atoms with Gasteiger partial charge in [-0.15, -0.1) is 11.3 Å². The second-order valence-corrected chi connectivity index (χ2v) is 7.05. The van der Waals surface area contributed by atoms with Gasteiger partial charge in [-0.05, 0) is 36.8 Å². The van der Waals surface area contributed by atoms with Crippen molar-refractivity contribution in [1.29, 1.82) is 0 Å². The topological polar surface area (TPSA) is 79.6 Å². The summed E-state index contributed by atoms with van der Waals surface area (Å²) in [5.74, 6) is 0.863. The monoisotopic (exact) mass is 408 g/mol. The van der Waals surface area contributed by atoms with Gasteiger partial charge < -0.3 is 9.84 Å². The molecular weight excluding hydrogens is 391 g/mol. The van der Waals surface area contributed by atoms with Gasteiger partial charge >= 0.3 is 0 Å². The molecule has 0 saturated heterocycles. The number of hydrazone groups is 1. The highest BCUT2D eigenvalue weighted by molar-refractivity contribution is 7.23. The first kappa shape index (κ1) is 18.8. The first-order valence-electron chi connectivity index (χ1n) is 8.90. The van der Waals surface area contributed by atoms with Crippen molar-refractivity contribution in [3.63, 3.8) is 0 Å². The number of ether oxygens (including phenoxy) is 1. The van der Waals surface area contributed by atoms with Crippen LogP contribution in [0, 0.1) is 5.82 Å². The standard InChI is InChI=1S/C21H17FN4O2S/c1-2-28-16-9-4-3-8-15(16)19-18(27)17-20(29-19)21(24-12-23-17)26-25-11-13-6-5-7-14(22)10-13/h3-12,27H,2H2,1H3,(H,23,24,26). The van der Waals surface area contributed by atoms with Crippen molar-refractivity contribution in [2.45, 2.75) is 6.92 Å². The highest BCUT2D eigenvalue weighted by atomic mass is 32.1. The number of para-hydroxylation sites is 1. The zero-order valence-corrected chi connectivity index (χ0v) is 16.3. The van der Waals surface area contributed by atoms with Crippen molar-refractivity contribution in [3.05, 3.63) is 66.2 Å². The van der Waals surface area contributed by atoms with E-state index in [1.807, 2.05) is 31.2 Å². The molecule has 0 bridgehead atoms. The summed E-state index contributed by atoms with van der Waals surface area (Å²) in [5.41, 5.74) is 4.67. The summed E-state index contributed by atoms with van der Waals surface area (Å²) in [6, 6.07) is 13.6. The Balaban J connectivity index is 1.70. The number of nitrogens with one attached hydrogen (secondary N) is 1. The maximum absolute atomic E-state index is 13.3. The van der Waals surface area contributed by atoms with Gasteiger partial charge in [0, 0.05) is 5.56 Å². The zero-order valence-electron chi connectivity index (χ0n) is 15.5. The molecule has 0 amide bonds. The van der Waals surface area contributed by atoms with E-state index in [4.69, 9.17) is 4.74 Å². The van der Waals surface area contributed by atoms with E-state index >= 15 is 0 Å². The van der Waals surface area contributed by atoms with E-state index in [-0.39, 0.29) is 11.6 Å². The van der Waals surface area contributed by atoms with Crippen LogP contribution in [0.5, 0.6) is 11.5 Å². The Labute approximate surface area is 170 Å². The fourth-order valence-corrected chi connectivity index (χ4v) is 3.97. The van der Waals surface area contributed by atoms with Crippen LogP contribution in [0.2, 0.25) is 0 Å². The minimum atomic E-state index is -0.334. The first-order valence-corrected chi connectivity index (χ1v) is 9.72. The van der Waals surface area contributed by atoms with Crippen LogP contribution >= 0.6 is 11.3 Å². The molecule has 146 valence electrons.